The average Bonchev–Trinajstić information content (AvgIpc) is 3.66. The number of alkyl halides is 6. The van der Waals surface area contributed by atoms with E-state index in [0.717, 1.165) is 34.7 Å². The van der Waals surface area contributed by atoms with Crippen molar-refractivity contribution in [3.8, 4) is 17.6 Å². The molecular formula is C41H45F7N4O5S. The number of benzene rings is 1. The Hall–Kier alpha value is -4.85. The number of halogens is 7. The highest BCUT2D eigenvalue weighted by molar-refractivity contribution is 7.10. The van der Waals surface area contributed by atoms with E-state index in [9.17, 15) is 41.5 Å². The number of hydrogen-bond donors (Lipinski definition) is 1. The second kappa shape index (κ2) is 17.2. The van der Waals surface area contributed by atoms with Gasteiger partial charge in [0.1, 0.15) is 16.3 Å². The molecule has 2 aromatic heterocycles. The largest absolute Gasteiger partial charge is 0.512 e. The number of ether oxygens (including phenoxy) is 2. The number of nitrogens with zero attached hydrogens (tertiary/aromatic N) is 4. The summed E-state index contributed by atoms with van der Waals surface area (Å²) in [6, 6.07) is 7.80. The van der Waals surface area contributed by atoms with E-state index in [1.807, 2.05) is 0 Å². The highest BCUT2D eigenvalue weighted by Gasteiger charge is 2.57. The molecule has 0 saturated carbocycles. The smallest absolute Gasteiger partial charge is 0.425 e. The highest BCUT2D eigenvalue weighted by atomic mass is 32.1. The van der Waals surface area contributed by atoms with Crippen LogP contribution in [0.2, 0.25) is 0 Å². The molecule has 2 aliphatic heterocycles. The van der Waals surface area contributed by atoms with Gasteiger partial charge in [0.05, 0.1) is 35.5 Å². The van der Waals surface area contributed by atoms with Gasteiger partial charge in [0.25, 0.3) is 11.8 Å². The number of aliphatic hydroxyl groups is 1. The van der Waals surface area contributed by atoms with Gasteiger partial charge in [-0.2, -0.15) is 31.6 Å². The van der Waals surface area contributed by atoms with Crippen LogP contribution in [-0.4, -0.2) is 69.6 Å². The van der Waals surface area contributed by atoms with Gasteiger partial charge in [-0.15, -0.1) is 11.3 Å². The standard InChI is InChI=1S/C41H45F7N4O5S/c1-5-10-31-39(57-27-23-32(58-24-27)41(46,47)48,15-8-19-52(31)35(54)33-28(40(43,44)45)12-7-18-50-33)36(55)51-20-16-38(25-49,17-21-51)29-11-6-13-30(42)34(29)56-22-9-14-37(3,4)26(2)53/h6-7,11-13,18,23-24,31,53H,2,5,8-10,14-17,19-22H2,1,3-4H3/t31-,39+/m1/s1. The fraction of sp³-hybridized carbons (Fsp3) is 0.512. The SMILES string of the molecule is C=C(O)C(C)(C)CCCOc1c(F)cccc1C1(C#N)CCN(C(=O)[C@]2(Oc3csc(C(F)(F)F)c3)CCCN(C(=O)c3ncccc3C(F)(F)F)[C@@H]2CCC)CC1. The van der Waals surface area contributed by atoms with E-state index < -0.39 is 68.6 Å². The summed E-state index contributed by atoms with van der Waals surface area (Å²) >= 11 is 0.342. The molecule has 2 fully saturated rings. The normalized spacial score (nSPS) is 20.0. The zero-order valence-corrected chi connectivity index (χ0v) is 33.1. The number of aromatic nitrogens is 1. The van der Waals surface area contributed by atoms with Crippen LogP contribution in [0.15, 0.2) is 60.3 Å². The van der Waals surface area contributed by atoms with E-state index in [-0.39, 0.29) is 81.2 Å². The molecule has 0 aliphatic carbocycles. The first-order chi connectivity index (χ1) is 27.2. The molecule has 58 heavy (non-hydrogen) atoms. The molecular weight excluding hydrogens is 794 g/mol. The summed E-state index contributed by atoms with van der Waals surface area (Å²) in [6.07, 6.45) is -7.45. The molecule has 1 aromatic carbocycles. The maximum absolute atomic E-state index is 15.4. The molecule has 5 rings (SSSR count). The topological polar surface area (TPSA) is 116 Å². The zero-order chi connectivity index (χ0) is 42.7. The van der Waals surface area contributed by atoms with Crippen LogP contribution in [-0.2, 0) is 22.6 Å². The number of hydrogen-bond acceptors (Lipinski definition) is 8. The number of para-hydroxylation sites is 1. The number of allylic oxidation sites excluding steroid dienone is 1. The van der Waals surface area contributed by atoms with Crippen LogP contribution >= 0.6 is 11.3 Å². The van der Waals surface area contributed by atoms with Crippen LogP contribution in [0.3, 0.4) is 0 Å². The van der Waals surface area contributed by atoms with Crippen LogP contribution in [0.1, 0.15) is 98.6 Å². The molecule has 17 heteroatoms. The van der Waals surface area contributed by atoms with Crippen molar-refractivity contribution in [2.75, 3.05) is 26.2 Å². The van der Waals surface area contributed by atoms with Crippen LogP contribution in [0, 0.1) is 22.6 Å². The molecule has 0 radical (unpaired) electrons. The first-order valence-corrected chi connectivity index (χ1v) is 19.8. The fourth-order valence-electron chi connectivity index (χ4n) is 7.74. The summed E-state index contributed by atoms with van der Waals surface area (Å²) in [7, 11) is 0. The van der Waals surface area contributed by atoms with Gasteiger partial charge in [-0.05, 0) is 56.7 Å². The summed E-state index contributed by atoms with van der Waals surface area (Å²) in [5, 5.41) is 21.6. The monoisotopic (exact) mass is 838 g/mol. The lowest BCUT2D eigenvalue weighted by molar-refractivity contribution is -0.160. The van der Waals surface area contributed by atoms with Crippen molar-refractivity contribution in [1.29, 1.82) is 5.26 Å². The molecule has 2 aliphatic rings. The highest BCUT2D eigenvalue weighted by Crippen LogP contribution is 2.45. The molecule has 0 bridgehead atoms. The van der Waals surface area contributed by atoms with Crippen molar-refractivity contribution in [3.05, 3.63) is 87.8 Å². The quantitative estimate of drug-likeness (QED) is 0.104. The minimum atomic E-state index is -4.94. The maximum Gasteiger partial charge on any atom is 0.425 e. The van der Waals surface area contributed by atoms with Crippen LogP contribution < -0.4 is 9.47 Å². The van der Waals surface area contributed by atoms with Crippen molar-refractivity contribution in [2.45, 2.75) is 102 Å². The lowest BCUT2D eigenvalue weighted by atomic mass is 9.72. The third kappa shape index (κ3) is 9.06. The third-order valence-corrected chi connectivity index (χ3v) is 12.0. The van der Waals surface area contributed by atoms with Gasteiger partial charge in [-0.25, -0.2) is 4.39 Å². The van der Waals surface area contributed by atoms with Crippen molar-refractivity contribution >= 4 is 23.2 Å². The van der Waals surface area contributed by atoms with E-state index >= 15 is 9.18 Å². The summed E-state index contributed by atoms with van der Waals surface area (Å²) in [5.74, 6) is -2.95. The molecule has 1 N–H and O–H groups in total. The van der Waals surface area contributed by atoms with Gasteiger partial charge in [-0.3, -0.25) is 14.6 Å². The van der Waals surface area contributed by atoms with Crippen LogP contribution in [0.5, 0.6) is 11.5 Å². The number of carbonyl (C=O) groups excluding carboxylic acids is 2. The van der Waals surface area contributed by atoms with Crippen molar-refractivity contribution in [3.63, 3.8) is 0 Å². The first kappa shape index (κ1) is 44.3. The molecule has 9 nitrogen and oxygen atoms in total. The van der Waals surface area contributed by atoms with E-state index in [0.29, 0.717) is 30.6 Å². The minimum absolute atomic E-state index is 0.00489. The van der Waals surface area contributed by atoms with Crippen molar-refractivity contribution in [2.24, 2.45) is 5.41 Å². The van der Waals surface area contributed by atoms with Crippen molar-refractivity contribution < 1.29 is 54.9 Å². The lowest BCUT2D eigenvalue weighted by Crippen LogP contribution is -2.68. The Morgan fingerprint density at radius 2 is 1.78 bits per heavy atom. The second-order valence-electron chi connectivity index (χ2n) is 15.3. The lowest BCUT2D eigenvalue weighted by Gasteiger charge is -2.51. The zero-order valence-electron chi connectivity index (χ0n) is 32.3. The average molecular weight is 839 g/mol. The molecule has 314 valence electrons. The number of amides is 2. The Labute approximate surface area is 336 Å². The molecule has 0 unspecified atom stereocenters. The molecule has 4 heterocycles. The van der Waals surface area contributed by atoms with Gasteiger partial charge in [-0.1, -0.05) is 45.9 Å². The van der Waals surface area contributed by atoms with E-state index in [4.69, 9.17) is 9.47 Å². The summed E-state index contributed by atoms with van der Waals surface area (Å²) in [5.41, 5.74) is -5.89. The Bertz CT molecular complexity index is 2020. The van der Waals surface area contributed by atoms with Gasteiger partial charge in [0.15, 0.2) is 11.6 Å². The number of carbonyl (C=O) groups is 2. The second-order valence-corrected chi connectivity index (χ2v) is 16.2. The molecule has 2 amide bonds. The maximum atomic E-state index is 15.4. The predicted octanol–water partition coefficient (Wildman–Crippen LogP) is 9.88. The fourth-order valence-corrected chi connectivity index (χ4v) is 8.42. The molecule has 3 aromatic rings. The number of likely N-dealkylation sites (tertiary alicyclic amines) is 2. The number of aliphatic hydroxyl groups excluding tert-OH is 1. The van der Waals surface area contributed by atoms with Gasteiger partial charge < -0.3 is 24.4 Å². The van der Waals surface area contributed by atoms with Crippen molar-refractivity contribution in [1.82, 2.24) is 14.8 Å². The van der Waals surface area contributed by atoms with Gasteiger partial charge >= 0.3 is 12.4 Å². The molecule has 2 atom stereocenters. The Kier molecular flexibility index (Phi) is 13.1. The number of nitriles is 1. The Morgan fingerprint density at radius 1 is 1.07 bits per heavy atom. The summed E-state index contributed by atoms with van der Waals surface area (Å²) in [4.78, 5) is 34.4. The first-order valence-electron chi connectivity index (χ1n) is 18.9. The van der Waals surface area contributed by atoms with E-state index in [2.05, 4.69) is 17.6 Å². The summed E-state index contributed by atoms with van der Waals surface area (Å²) < 4.78 is 111. The minimum Gasteiger partial charge on any atom is -0.512 e. The Morgan fingerprint density at radius 3 is 2.38 bits per heavy atom. The third-order valence-electron chi connectivity index (χ3n) is 11.1. The van der Waals surface area contributed by atoms with Crippen LogP contribution in [0.4, 0.5) is 30.7 Å². The number of piperidine rings is 2. The van der Waals surface area contributed by atoms with E-state index in [1.165, 1.54) is 17.0 Å². The molecule has 2 saturated heterocycles. The van der Waals surface area contributed by atoms with E-state index in [1.54, 1.807) is 26.8 Å². The summed E-state index contributed by atoms with van der Waals surface area (Å²) in [6.45, 7) is 8.71. The van der Waals surface area contributed by atoms with Gasteiger partial charge in [0, 0.05) is 54.7 Å². The molecule has 0 spiro atoms. The number of thiophene rings is 1. The number of rotatable bonds is 13. The number of pyridine rings is 1. The predicted molar refractivity (Wildman–Crippen MR) is 201 cm³/mol. The van der Waals surface area contributed by atoms with Gasteiger partial charge in [0.2, 0.25) is 5.60 Å². The van der Waals surface area contributed by atoms with Crippen LogP contribution in [0.25, 0.3) is 0 Å². The Balaban J connectivity index is 1.48.